The van der Waals surface area contributed by atoms with E-state index < -0.39 is 17.8 Å². The molecule has 0 bridgehead atoms. The van der Waals surface area contributed by atoms with Gasteiger partial charge in [-0.3, -0.25) is 4.79 Å². The van der Waals surface area contributed by atoms with E-state index >= 15 is 0 Å². The second-order valence-corrected chi connectivity index (χ2v) is 8.96. The van der Waals surface area contributed by atoms with E-state index in [1.54, 1.807) is 54.6 Å². The molecule has 0 aliphatic rings. The van der Waals surface area contributed by atoms with Crippen molar-refractivity contribution < 1.29 is 18.0 Å². The van der Waals surface area contributed by atoms with Crippen LogP contribution < -0.4 is 4.90 Å². The van der Waals surface area contributed by atoms with Crippen LogP contribution >= 0.6 is 23.2 Å². The number of amides is 1. The fraction of sp³-hybridized carbons (Fsp3) is 0.0741. The number of hydrogen-bond acceptors (Lipinski definition) is 3. The van der Waals surface area contributed by atoms with Crippen LogP contribution in [0, 0.1) is 0 Å². The summed E-state index contributed by atoms with van der Waals surface area (Å²) in [6.07, 6.45) is -4.79. The van der Waals surface area contributed by atoms with Gasteiger partial charge >= 0.3 is 6.18 Å². The molecule has 37 heavy (non-hydrogen) atoms. The number of carbonyl (C=O) groups excluding carboxylic acids is 1. The minimum absolute atomic E-state index is 0.0153. The number of anilines is 1. The first-order valence-corrected chi connectivity index (χ1v) is 11.8. The van der Waals surface area contributed by atoms with Gasteiger partial charge in [0.2, 0.25) is 0 Å². The predicted octanol–water partition coefficient (Wildman–Crippen LogP) is 7.57. The molecule has 0 fully saturated rings. The van der Waals surface area contributed by atoms with E-state index in [2.05, 4.69) is 10.1 Å². The molecule has 186 valence electrons. The Hall–Kier alpha value is -3.88. The van der Waals surface area contributed by atoms with Crippen molar-refractivity contribution in [2.75, 3.05) is 4.90 Å². The van der Waals surface area contributed by atoms with Gasteiger partial charge in [-0.15, -0.1) is 0 Å². The fourth-order valence-corrected chi connectivity index (χ4v) is 4.25. The molecule has 0 saturated heterocycles. The van der Waals surface area contributed by atoms with Crippen LogP contribution in [0.1, 0.15) is 21.7 Å². The molecule has 5 aromatic rings. The van der Waals surface area contributed by atoms with Crippen molar-refractivity contribution in [2.24, 2.45) is 0 Å². The largest absolute Gasteiger partial charge is 0.433 e. The Bertz CT molecular complexity index is 1570. The van der Waals surface area contributed by atoms with Gasteiger partial charge in [0.15, 0.2) is 17.0 Å². The first kappa shape index (κ1) is 24.8. The summed E-state index contributed by atoms with van der Waals surface area (Å²) in [7, 11) is 0. The molecule has 0 aliphatic heterocycles. The first-order valence-electron chi connectivity index (χ1n) is 11.1. The maximum Gasteiger partial charge on any atom is 0.433 e. The quantitative estimate of drug-likeness (QED) is 0.231. The Morgan fingerprint density at radius 1 is 0.892 bits per heavy atom. The van der Waals surface area contributed by atoms with Crippen molar-refractivity contribution in [1.82, 2.24) is 14.6 Å². The number of hydrogen-bond donors (Lipinski definition) is 0. The summed E-state index contributed by atoms with van der Waals surface area (Å²) in [6, 6.07) is 25.0. The number of para-hydroxylation sites is 1. The van der Waals surface area contributed by atoms with Crippen molar-refractivity contribution in [1.29, 1.82) is 0 Å². The summed E-state index contributed by atoms with van der Waals surface area (Å²) in [5.41, 5.74) is 0.0380. The molecule has 3 aromatic carbocycles. The van der Waals surface area contributed by atoms with E-state index in [0.29, 0.717) is 20.8 Å². The number of halogens is 5. The standard InChI is InChI=1S/C27H17Cl2F3N4O/c28-19-13-11-18(12-14-19)21-15-22(27(30,31)32)36-25(33-21)23(29)24(34-36)26(37)35(20-9-5-2-6-10-20)16-17-7-3-1-4-8-17/h1-15H,16H2. The lowest BCUT2D eigenvalue weighted by Crippen LogP contribution is -2.31. The number of rotatable bonds is 5. The van der Waals surface area contributed by atoms with E-state index in [0.717, 1.165) is 11.6 Å². The predicted molar refractivity (Wildman–Crippen MR) is 137 cm³/mol. The van der Waals surface area contributed by atoms with E-state index in [1.807, 2.05) is 30.3 Å². The van der Waals surface area contributed by atoms with Crippen molar-refractivity contribution in [2.45, 2.75) is 12.7 Å². The van der Waals surface area contributed by atoms with Crippen LogP contribution in [-0.4, -0.2) is 20.5 Å². The van der Waals surface area contributed by atoms with Gasteiger partial charge in [0.1, 0.15) is 5.02 Å². The highest BCUT2D eigenvalue weighted by Crippen LogP contribution is 2.35. The van der Waals surface area contributed by atoms with Crippen molar-refractivity contribution in [3.8, 4) is 11.3 Å². The van der Waals surface area contributed by atoms with Crippen LogP contribution in [-0.2, 0) is 12.7 Å². The average Bonchev–Trinajstić information content (AvgIpc) is 3.23. The Morgan fingerprint density at radius 2 is 1.51 bits per heavy atom. The van der Waals surface area contributed by atoms with Gasteiger partial charge < -0.3 is 4.90 Å². The smallest absolute Gasteiger partial charge is 0.303 e. The van der Waals surface area contributed by atoms with E-state index in [1.165, 1.54) is 4.90 Å². The molecule has 2 aromatic heterocycles. The van der Waals surface area contributed by atoms with Crippen molar-refractivity contribution in [3.05, 3.63) is 118 Å². The molecular weight excluding hydrogens is 524 g/mol. The van der Waals surface area contributed by atoms with E-state index in [-0.39, 0.29) is 28.6 Å². The fourth-order valence-electron chi connectivity index (χ4n) is 3.88. The van der Waals surface area contributed by atoms with Crippen LogP contribution in [0.3, 0.4) is 0 Å². The van der Waals surface area contributed by atoms with Gasteiger partial charge in [-0.25, -0.2) is 9.50 Å². The lowest BCUT2D eigenvalue weighted by molar-refractivity contribution is -0.142. The van der Waals surface area contributed by atoms with E-state index in [9.17, 15) is 18.0 Å². The molecule has 0 atom stereocenters. The summed E-state index contributed by atoms with van der Waals surface area (Å²) in [5, 5.41) is 4.15. The van der Waals surface area contributed by atoms with Gasteiger partial charge in [-0.1, -0.05) is 83.9 Å². The van der Waals surface area contributed by atoms with Gasteiger partial charge in [0, 0.05) is 16.3 Å². The highest BCUT2D eigenvalue weighted by Gasteiger charge is 2.37. The number of benzene rings is 3. The second-order valence-electron chi connectivity index (χ2n) is 8.14. The van der Waals surface area contributed by atoms with Gasteiger partial charge in [0.05, 0.1) is 12.2 Å². The molecule has 0 aliphatic carbocycles. The molecular formula is C27H17Cl2F3N4O. The Kier molecular flexibility index (Phi) is 6.62. The highest BCUT2D eigenvalue weighted by atomic mass is 35.5. The Labute approximate surface area is 219 Å². The van der Waals surface area contributed by atoms with Crippen LogP contribution in [0.25, 0.3) is 16.9 Å². The van der Waals surface area contributed by atoms with Gasteiger partial charge in [-0.2, -0.15) is 18.3 Å². The van der Waals surface area contributed by atoms with Gasteiger partial charge in [0.25, 0.3) is 5.91 Å². The van der Waals surface area contributed by atoms with Crippen LogP contribution in [0.15, 0.2) is 91.0 Å². The number of nitrogens with zero attached hydrogens (tertiary/aromatic N) is 4. The number of aromatic nitrogens is 3. The summed E-state index contributed by atoms with van der Waals surface area (Å²) in [5.74, 6) is -0.660. The molecule has 0 saturated carbocycles. The van der Waals surface area contributed by atoms with Crippen LogP contribution in [0.4, 0.5) is 18.9 Å². The summed E-state index contributed by atoms with van der Waals surface area (Å²) in [6.45, 7) is 0.156. The summed E-state index contributed by atoms with van der Waals surface area (Å²) in [4.78, 5) is 19.5. The molecule has 0 N–H and O–H groups in total. The first-order chi connectivity index (χ1) is 17.7. The normalized spacial score (nSPS) is 11.6. The van der Waals surface area contributed by atoms with Gasteiger partial charge in [-0.05, 0) is 35.9 Å². The highest BCUT2D eigenvalue weighted by molar-refractivity contribution is 6.37. The third-order valence-corrected chi connectivity index (χ3v) is 6.26. The average molecular weight is 541 g/mol. The Morgan fingerprint density at radius 3 is 2.14 bits per heavy atom. The van der Waals surface area contributed by atoms with E-state index in [4.69, 9.17) is 23.2 Å². The molecule has 0 spiro atoms. The molecule has 5 rings (SSSR count). The zero-order valence-electron chi connectivity index (χ0n) is 19.0. The SMILES string of the molecule is O=C(c1nn2c(C(F)(F)F)cc(-c3ccc(Cl)cc3)nc2c1Cl)N(Cc1ccccc1)c1ccccc1. The molecule has 0 radical (unpaired) electrons. The minimum atomic E-state index is -4.79. The minimum Gasteiger partial charge on any atom is -0.303 e. The van der Waals surface area contributed by atoms with Crippen LogP contribution in [0.5, 0.6) is 0 Å². The summed E-state index contributed by atoms with van der Waals surface area (Å²) < 4.78 is 42.8. The maximum absolute atomic E-state index is 14.1. The summed E-state index contributed by atoms with van der Waals surface area (Å²) >= 11 is 12.4. The number of alkyl halides is 3. The molecule has 10 heteroatoms. The number of carbonyl (C=O) groups is 1. The van der Waals surface area contributed by atoms with Crippen molar-refractivity contribution >= 4 is 40.4 Å². The third kappa shape index (κ3) is 5.03. The lowest BCUT2D eigenvalue weighted by Gasteiger charge is -2.22. The zero-order valence-corrected chi connectivity index (χ0v) is 20.5. The number of fused-ring (bicyclic) bond motifs is 1. The Balaban J connectivity index is 1.66. The monoisotopic (exact) mass is 540 g/mol. The maximum atomic E-state index is 14.1. The third-order valence-electron chi connectivity index (χ3n) is 5.66. The topological polar surface area (TPSA) is 50.5 Å². The second kappa shape index (κ2) is 9.88. The van der Waals surface area contributed by atoms with Crippen LogP contribution in [0.2, 0.25) is 10.0 Å². The lowest BCUT2D eigenvalue weighted by atomic mass is 10.1. The van der Waals surface area contributed by atoms with Crippen molar-refractivity contribution in [3.63, 3.8) is 0 Å². The molecule has 2 heterocycles. The molecule has 1 amide bonds. The molecule has 0 unspecified atom stereocenters. The zero-order chi connectivity index (χ0) is 26.2. The molecule has 5 nitrogen and oxygen atoms in total.